The number of benzene rings is 1. The summed E-state index contributed by atoms with van der Waals surface area (Å²) in [7, 11) is -3.15. The fraction of sp³-hybridized carbons (Fsp3) is 0. The molecule has 0 N–H and O–H groups in total. The van der Waals surface area contributed by atoms with Crippen molar-refractivity contribution in [2.75, 3.05) is 0 Å². The van der Waals surface area contributed by atoms with E-state index in [-0.39, 0.29) is 51.4 Å². The Labute approximate surface area is 198 Å². The predicted molar refractivity (Wildman–Crippen MR) is 64.6 cm³/mol. The van der Waals surface area contributed by atoms with Crippen LogP contribution in [0.4, 0.5) is 0 Å². The fourth-order valence-electron chi connectivity index (χ4n) is 0.619. The molecular formula is C8H7BrK3O4P. The first kappa shape index (κ1) is 26.2. The van der Waals surface area contributed by atoms with E-state index in [0.717, 1.165) is 10.0 Å². The van der Waals surface area contributed by atoms with Crippen molar-refractivity contribution in [3.63, 3.8) is 0 Å². The third-order valence-corrected chi connectivity index (χ3v) is 1.73. The van der Waals surface area contributed by atoms with E-state index in [1.54, 1.807) is 0 Å². The van der Waals surface area contributed by atoms with E-state index in [9.17, 15) is 0 Å². The van der Waals surface area contributed by atoms with Crippen molar-refractivity contribution in [2.45, 2.75) is 0 Å². The van der Waals surface area contributed by atoms with Gasteiger partial charge in [0.1, 0.15) is 0 Å². The molecule has 4 nitrogen and oxygen atoms in total. The third kappa shape index (κ3) is 20.3. The van der Waals surface area contributed by atoms with Crippen LogP contribution >= 0.6 is 24.2 Å². The molecule has 0 radical (unpaired) electrons. The first-order valence-electron chi connectivity index (χ1n) is 4.42. The standard InChI is InChI=1S/C8H7Br.3K.HO4P/c1-7(9)8-5-3-2-4-6-8;;;;1-4-5(2)3/h2-6H,1H2;;;;1H/q;;;+1;/p-1. The number of hydrogen-bond acceptors (Lipinski definition) is 4. The van der Waals surface area contributed by atoms with Crippen molar-refractivity contribution >= 4 is 91.8 Å². The Balaban J connectivity index is -0.000000213. The molecule has 17 heavy (non-hydrogen) atoms. The topological polar surface area (TPSA) is 72.4 Å². The van der Waals surface area contributed by atoms with Crippen molar-refractivity contribution < 1.29 is 70.8 Å². The molecule has 0 heterocycles. The summed E-state index contributed by atoms with van der Waals surface area (Å²) in [6.07, 6.45) is 0. The molecule has 9 heteroatoms. The van der Waals surface area contributed by atoms with Crippen molar-refractivity contribution in [1.29, 1.82) is 0 Å². The van der Waals surface area contributed by atoms with E-state index in [2.05, 4.69) is 27.2 Å². The predicted octanol–water partition coefficient (Wildman–Crippen LogP) is -2.41. The zero-order chi connectivity index (χ0) is 13.0. The van der Waals surface area contributed by atoms with Gasteiger partial charge in [0, 0.05) is 4.48 Å². The molecule has 0 saturated heterocycles. The summed E-state index contributed by atoms with van der Waals surface area (Å²) in [5, 5.41) is 8.53. The van der Waals surface area contributed by atoms with Gasteiger partial charge in [0.25, 0.3) is 0 Å². The van der Waals surface area contributed by atoms with Crippen molar-refractivity contribution in [3.05, 3.63) is 42.5 Å². The Bertz CT molecular complexity index is 313. The Hall–Kier alpha value is 4.33. The monoisotopic (exact) mass is 394 g/mol. The van der Waals surface area contributed by atoms with Gasteiger partial charge in [0.05, 0.1) is 0 Å². The first-order chi connectivity index (χ1) is 7.57. The first-order valence-corrected chi connectivity index (χ1v) is 22.3. The maximum absolute atomic E-state index is 8.87. The van der Waals surface area contributed by atoms with Crippen molar-refractivity contribution in [1.82, 2.24) is 0 Å². The summed E-state index contributed by atoms with van der Waals surface area (Å²) in [5.74, 6) is 0. The van der Waals surface area contributed by atoms with Gasteiger partial charge in [0.15, 0.2) is 0 Å². The molecule has 0 aliphatic rings. The normalized spacial score (nSPS) is 8.53. The van der Waals surface area contributed by atoms with Crippen LogP contribution in [0.15, 0.2) is 36.9 Å². The van der Waals surface area contributed by atoms with E-state index in [1.165, 1.54) is 63.2 Å². The van der Waals surface area contributed by atoms with Gasteiger partial charge in [-0.1, -0.05) is 52.8 Å². The van der Waals surface area contributed by atoms with E-state index >= 15 is 0 Å². The number of halogens is 1. The third-order valence-electron chi connectivity index (χ3n) is 1.15. The van der Waals surface area contributed by atoms with Gasteiger partial charge < -0.3 is 10.2 Å². The minimum atomic E-state index is -3.15. The van der Waals surface area contributed by atoms with Gasteiger partial charge in [-0.2, -0.15) is 0 Å². The Kier molecular flexibility index (Phi) is 31.4. The molecule has 1 unspecified atom stereocenters. The molecule has 1 rings (SSSR count). The van der Waals surface area contributed by atoms with Crippen LogP contribution in [0.2, 0.25) is 0 Å². The van der Waals surface area contributed by atoms with Gasteiger partial charge >= 0.3 is 123 Å². The van der Waals surface area contributed by atoms with Crippen molar-refractivity contribution in [3.8, 4) is 0 Å². The van der Waals surface area contributed by atoms with Crippen LogP contribution in [0.3, 0.4) is 0 Å². The van der Waals surface area contributed by atoms with E-state index in [4.69, 9.17) is 14.7 Å². The van der Waals surface area contributed by atoms with Crippen LogP contribution in [0, 0.1) is 0 Å². The quantitative estimate of drug-likeness (QED) is 0.242. The zero-order valence-electron chi connectivity index (χ0n) is 10.1. The fourth-order valence-corrected chi connectivity index (χ4v) is 0.883. The van der Waals surface area contributed by atoms with Gasteiger partial charge in [0.2, 0.25) is 0 Å². The molecule has 0 spiro atoms. The number of rotatable bonds is 2. The molecule has 0 aromatic heterocycles. The molecule has 0 aliphatic heterocycles. The summed E-state index contributed by atoms with van der Waals surface area (Å²) in [5.41, 5.74) is 1.14. The molecule has 1 aromatic carbocycles. The second kappa shape index (κ2) is 20.3. The second-order valence-electron chi connectivity index (χ2n) is 2.07. The molecule has 0 saturated carbocycles. The van der Waals surface area contributed by atoms with E-state index in [0.29, 0.717) is 0 Å². The van der Waals surface area contributed by atoms with Crippen LogP contribution in [-0.4, -0.2) is 63.2 Å². The summed E-state index contributed by atoms with van der Waals surface area (Å²) in [6.45, 7) is 3.74. The minimum absolute atomic E-state index is 0. The molecule has 0 aliphatic carbocycles. The Morgan fingerprint density at radius 3 is 1.88 bits per heavy atom. The average molecular weight is 395 g/mol. The zero-order valence-corrected chi connectivity index (χ0v) is 21.9. The maximum atomic E-state index is 8.87. The van der Waals surface area contributed by atoms with Gasteiger partial charge in [-0.05, 0) is 10.1 Å². The average Bonchev–Trinajstić information content (AvgIpc) is 2.33. The summed E-state index contributed by atoms with van der Waals surface area (Å²) >= 11 is 5.79. The van der Waals surface area contributed by atoms with Crippen LogP contribution in [0.1, 0.15) is 5.56 Å². The molecule has 1 atom stereocenters. The molecule has 0 bridgehead atoms. The molecular weight excluding hydrogens is 388 g/mol. The summed E-state index contributed by atoms with van der Waals surface area (Å²) in [6, 6.07) is 9.98. The molecule has 78 valence electrons. The second-order valence-corrected chi connectivity index (χ2v) is 3.62. The van der Waals surface area contributed by atoms with Crippen LogP contribution in [0.5, 0.6) is 0 Å². The van der Waals surface area contributed by atoms with E-state index in [1.807, 2.05) is 30.3 Å². The Morgan fingerprint density at radius 1 is 1.35 bits per heavy atom. The summed E-state index contributed by atoms with van der Waals surface area (Å²) in [4.78, 5) is 8.87. The SMILES string of the molecule is C=C(Br)c1ccccc1.O=[P+]([O-])O[O-].[K+].[K][K]. The van der Waals surface area contributed by atoms with Gasteiger partial charge in [-0.3, -0.25) is 0 Å². The van der Waals surface area contributed by atoms with Gasteiger partial charge in [-0.15, -0.1) is 0 Å². The number of hydrogen-bond donors (Lipinski definition) is 0. The molecule has 0 amide bonds. The molecule has 0 fully saturated rings. The summed E-state index contributed by atoms with van der Waals surface area (Å²) < 4.78 is 12.3. The van der Waals surface area contributed by atoms with Crippen LogP contribution in [-0.2, 0) is 9.24 Å². The molecule has 1 aromatic rings. The van der Waals surface area contributed by atoms with E-state index < -0.39 is 8.25 Å². The van der Waals surface area contributed by atoms with Gasteiger partial charge in [-0.25, -0.2) is 4.67 Å². The van der Waals surface area contributed by atoms with Crippen LogP contribution in [0.25, 0.3) is 4.48 Å². The van der Waals surface area contributed by atoms with Crippen molar-refractivity contribution in [2.24, 2.45) is 0 Å². The Morgan fingerprint density at radius 2 is 1.71 bits per heavy atom. The van der Waals surface area contributed by atoms with Crippen LogP contribution < -0.4 is 61.5 Å².